The second-order valence-electron chi connectivity index (χ2n) is 5.24. The van der Waals surface area contributed by atoms with Gasteiger partial charge < -0.3 is 15.0 Å². The number of halogens is 1. The topological polar surface area (TPSA) is 41.6 Å². The van der Waals surface area contributed by atoms with Crippen LogP contribution < -0.4 is 5.32 Å². The van der Waals surface area contributed by atoms with E-state index in [0.29, 0.717) is 6.54 Å². The fourth-order valence-electron chi connectivity index (χ4n) is 2.31. The van der Waals surface area contributed by atoms with Crippen LogP contribution in [0.4, 0.5) is 4.79 Å². The smallest absolute Gasteiger partial charge is 0.317 e. The van der Waals surface area contributed by atoms with E-state index in [1.54, 1.807) is 4.90 Å². The van der Waals surface area contributed by atoms with E-state index in [0.717, 1.165) is 29.5 Å². The predicted molar refractivity (Wildman–Crippen MR) is 82.7 cm³/mol. The SMILES string of the molecule is C[C@@H](NC(=O)N(C)C[C@H]1CCCO1)c1ccc(Br)cc1. The van der Waals surface area contributed by atoms with Crippen molar-refractivity contribution in [2.75, 3.05) is 20.2 Å². The van der Waals surface area contributed by atoms with Crippen molar-refractivity contribution in [1.82, 2.24) is 10.2 Å². The molecule has 1 N–H and O–H groups in total. The van der Waals surface area contributed by atoms with Gasteiger partial charge in [-0.05, 0) is 37.5 Å². The fraction of sp³-hybridized carbons (Fsp3) is 0.533. The number of hydrogen-bond donors (Lipinski definition) is 1. The molecule has 20 heavy (non-hydrogen) atoms. The Morgan fingerprint density at radius 3 is 2.80 bits per heavy atom. The van der Waals surface area contributed by atoms with Gasteiger partial charge >= 0.3 is 6.03 Å². The van der Waals surface area contributed by atoms with Crippen molar-refractivity contribution in [2.45, 2.75) is 31.9 Å². The summed E-state index contributed by atoms with van der Waals surface area (Å²) in [5.41, 5.74) is 1.09. The molecule has 0 radical (unpaired) electrons. The van der Waals surface area contributed by atoms with Crippen LogP contribution in [0, 0.1) is 0 Å². The lowest BCUT2D eigenvalue weighted by Crippen LogP contribution is -2.42. The molecule has 2 amide bonds. The van der Waals surface area contributed by atoms with Crippen LogP contribution >= 0.6 is 15.9 Å². The third kappa shape index (κ3) is 4.21. The normalized spacial score (nSPS) is 19.6. The van der Waals surface area contributed by atoms with Crippen LogP contribution in [-0.4, -0.2) is 37.2 Å². The molecule has 2 atom stereocenters. The van der Waals surface area contributed by atoms with Crippen LogP contribution in [0.2, 0.25) is 0 Å². The Morgan fingerprint density at radius 2 is 2.20 bits per heavy atom. The lowest BCUT2D eigenvalue weighted by Gasteiger charge is -2.23. The summed E-state index contributed by atoms with van der Waals surface area (Å²) in [5, 5.41) is 3.01. The van der Waals surface area contributed by atoms with Crippen LogP contribution in [0.3, 0.4) is 0 Å². The minimum Gasteiger partial charge on any atom is -0.376 e. The molecular weight excluding hydrogens is 320 g/mol. The van der Waals surface area contributed by atoms with Gasteiger partial charge in [-0.2, -0.15) is 0 Å². The third-order valence-electron chi connectivity index (χ3n) is 3.56. The molecular formula is C15H21BrN2O2. The Bertz CT molecular complexity index is 444. The second-order valence-corrected chi connectivity index (χ2v) is 6.15. The number of amides is 2. The van der Waals surface area contributed by atoms with Crippen LogP contribution in [-0.2, 0) is 4.74 Å². The van der Waals surface area contributed by atoms with Crippen LogP contribution in [0.1, 0.15) is 31.4 Å². The Labute approximate surface area is 128 Å². The monoisotopic (exact) mass is 340 g/mol. The zero-order valence-electron chi connectivity index (χ0n) is 11.9. The van der Waals surface area contributed by atoms with E-state index in [1.807, 2.05) is 38.2 Å². The van der Waals surface area contributed by atoms with Gasteiger partial charge in [-0.25, -0.2) is 4.79 Å². The number of nitrogens with zero attached hydrogens (tertiary/aromatic N) is 1. The highest BCUT2D eigenvalue weighted by atomic mass is 79.9. The summed E-state index contributed by atoms with van der Waals surface area (Å²) in [6.45, 7) is 3.45. The molecule has 0 bridgehead atoms. The Balaban J connectivity index is 1.84. The molecule has 1 aliphatic heterocycles. The lowest BCUT2D eigenvalue weighted by molar-refractivity contribution is 0.0871. The minimum atomic E-state index is -0.0593. The summed E-state index contributed by atoms with van der Waals surface area (Å²) >= 11 is 3.41. The molecule has 0 unspecified atom stereocenters. The second kappa shape index (κ2) is 7.09. The number of carbonyl (C=O) groups excluding carboxylic acids is 1. The summed E-state index contributed by atoms with van der Waals surface area (Å²) in [6, 6.07) is 7.91. The average Bonchev–Trinajstić information content (AvgIpc) is 2.92. The molecule has 1 aromatic rings. The number of urea groups is 1. The molecule has 110 valence electrons. The molecule has 1 aliphatic rings. The Hall–Kier alpha value is -1.07. The van der Waals surface area contributed by atoms with Crippen molar-refractivity contribution in [3.05, 3.63) is 34.3 Å². The molecule has 1 fully saturated rings. The number of rotatable bonds is 4. The minimum absolute atomic E-state index is 0.0115. The van der Waals surface area contributed by atoms with Gasteiger partial charge in [0.25, 0.3) is 0 Å². The Kier molecular flexibility index (Phi) is 5.43. The highest BCUT2D eigenvalue weighted by molar-refractivity contribution is 9.10. The lowest BCUT2D eigenvalue weighted by atomic mass is 10.1. The summed E-state index contributed by atoms with van der Waals surface area (Å²) in [5.74, 6) is 0. The van der Waals surface area contributed by atoms with Crippen molar-refractivity contribution in [3.8, 4) is 0 Å². The molecule has 5 heteroatoms. The molecule has 4 nitrogen and oxygen atoms in total. The summed E-state index contributed by atoms with van der Waals surface area (Å²) in [6.07, 6.45) is 2.32. The van der Waals surface area contributed by atoms with Gasteiger partial charge in [0.05, 0.1) is 12.1 Å². The highest BCUT2D eigenvalue weighted by Crippen LogP contribution is 2.17. The van der Waals surface area contributed by atoms with E-state index in [4.69, 9.17) is 4.74 Å². The van der Waals surface area contributed by atoms with Crippen molar-refractivity contribution in [1.29, 1.82) is 0 Å². The van der Waals surface area contributed by atoms with Crippen LogP contribution in [0.15, 0.2) is 28.7 Å². The zero-order valence-corrected chi connectivity index (χ0v) is 13.5. The molecule has 2 rings (SSSR count). The molecule has 1 aromatic carbocycles. The maximum Gasteiger partial charge on any atom is 0.317 e. The first-order valence-electron chi connectivity index (χ1n) is 6.95. The van der Waals surface area contributed by atoms with Crippen LogP contribution in [0.25, 0.3) is 0 Å². The largest absolute Gasteiger partial charge is 0.376 e. The number of benzene rings is 1. The molecule has 0 saturated carbocycles. The van der Waals surface area contributed by atoms with E-state index >= 15 is 0 Å². The van der Waals surface area contributed by atoms with Crippen molar-refractivity contribution in [3.63, 3.8) is 0 Å². The van der Waals surface area contributed by atoms with Gasteiger partial charge in [0, 0.05) is 24.7 Å². The van der Waals surface area contributed by atoms with E-state index in [1.165, 1.54) is 0 Å². The first kappa shape index (κ1) is 15.3. The number of hydrogen-bond acceptors (Lipinski definition) is 2. The summed E-state index contributed by atoms with van der Waals surface area (Å²) in [4.78, 5) is 13.8. The predicted octanol–water partition coefficient (Wildman–Crippen LogP) is 3.33. The molecule has 0 aliphatic carbocycles. The van der Waals surface area contributed by atoms with Crippen molar-refractivity contribution in [2.24, 2.45) is 0 Å². The maximum atomic E-state index is 12.1. The fourth-order valence-corrected chi connectivity index (χ4v) is 2.57. The molecule has 0 aromatic heterocycles. The van der Waals surface area contributed by atoms with Crippen molar-refractivity contribution < 1.29 is 9.53 Å². The van der Waals surface area contributed by atoms with E-state index in [-0.39, 0.29) is 18.2 Å². The third-order valence-corrected chi connectivity index (χ3v) is 4.09. The molecule has 1 heterocycles. The average molecular weight is 341 g/mol. The molecule has 1 saturated heterocycles. The van der Waals surface area contributed by atoms with Gasteiger partial charge in [-0.15, -0.1) is 0 Å². The number of carbonyl (C=O) groups is 1. The summed E-state index contributed by atoms with van der Waals surface area (Å²) < 4.78 is 6.59. The maximum absolute atomic E-state index is 12.1. The zero-order chi connectivity index (χ0) is 14.5. The summed E-state index contributed by atoms with van der Waals surface area (Å²) in [7, 11) is 1.81. The number of likely N-dealkylation sites (N-methyl/N-ethyl adjacent to an activating group) is 1. The van der Waals surface area contributed by atoms with Crippen LogP contribution in [0.5, 0.6) is 0 Å². The van der Waals surface area contributed by atoms with Gasteiger partial charge in [0.1, 0.15) is 0 Å². The first-order valence-corrected chi connectivity index (χ1v) is 7.74. The van der Waals surface area contributed by atoms with Gasteiger partial charge in [0.15, 0.2) is 0 Å². The van der Waals surface area contributed by atoms with Crippen molar-refractivity contribution >= 4 is 22.0 Å². The van der Waals surface area contributed by atoms with Gasteiger partial charge in [0.2, 0.25) is 0 Å². The first-order chi connectivity index (χ1) is 9.56. The van der Waals surface area contributed by atoms with E-state index in [2.05, 4.69) is 21.2 Å². The number of ether oxygens (including phenoxy) is 1. The van der Waals surface area contributed by atoms with E-state index < -0.39 is 0 Å². The Morgan fingerprint density at radius 1 is 1.50 bits per heavy atom. The quantitative estimate of drug-likeness (QED) is 0.913. The number of nitrogens with one attached hydrogen (secondary N) is 1. The van der Waals surface area contributed by atoms with Gasteiger partial charge in [-0.1, -0.05) is 28.1 Å². The van der Waals surface area contributed by atoms with E-state index in [9.17, 15) is 4.79 Å². The molecule has 0 spiro atoms. The van der Waals surface area contributed by atoms with Gasteiger partial charge in [-0.3, -0.25) is 0 Å². The highest BCUT2D eigenvalue weighted by Gasteiger charge is 2.20. The standard InChI is InChI=1S/C15H21BrN2O2/c1-11(12-5-7-13(16)8-6-12)17-15(19)18(2)10-14-4-3-9-20-14/h5-8,11,14H,3-4,9-10H2,1-2H3,(H,17,19)/t11-,14-/m1/s1.